The molecule has 0 amide bonds. The lowest BCUT2D eigenvalue weighted by Gasteiger charge is -2.41. The predicted octanol–water partition coefficient (Wildman–Crippen LogP) is 3.94. The molecule has 10 heteroatoms. The van der Waals surface area contributed by atoms with Crippen LogP contribution in [-0.2, 0) is 33.3 Å². The van der Waals surface area contributed by atoms with E-state index < -0.39 is 83.7 Å². The van der Waals surface area contributed by atoms with Gasteiger partial charge >= 0.3 is 23.9 Å². The lowest BCUT2D eigenvalue weighted by Crippen LogP contribution is -2.52. The monoisotopic (exact) mass is 600 g/mol. The summed E-state index contributed by atoms with van der Waals surface area (Å²) in [5.41, 5.74) is -1.99. The third-order valence-corrected chi connectivity index (χ3v) is 8.35. The van der Waals surface area contributed by atoms with Gasteiger partial charge in [-0.15, -0.1) is 0 Å². The maximum absolute atomic E-state index is 13.2. The molecule has 0 heterocycles. The molecule has 1 fully saturated rings. The molecule has 0 spiro atoms. The van der Waals surface area contributed by atoms with Crippen LogP contribution in [0.1, 0.15) is 71.7 Å². The molecular weight excluding hydrogens is 556 g/mol. The number of hydrogen-bond donors (Lipinski definition) is 2. The summed E-state index contributed by atoms with van der Waals surface area (Å²) in [6, 6.07) is 8.42. The van der Waals surface area contributed by atoms with Gasteiger partial charge in [0, 0.05) is 44.4 Å². The third-order valence-electron chi connectivity index (χ3n) is 8.35. The van der Waals surface area contributed by atoms with Gasteiger partial charge in [0.05, 0.1) is 12.2 Å². The highest BCUT2D eigenvalue weighted by molar-refractivity contribution is 5.89. The fraction of sp³-hybridized carbons (Fsp3) is 0.576. The van der Waals surface area contributed by atoms with Gasteiger partial charge in [0.15, 0.2) is 0 Å². The van der Waals surface area contributed by atoms with Crippen LogP contribution in [0.2, 0.25) is 0 Å². The first kappa shape index (κ1) is 34.0. The zero-order chi connectivity index (χ0) is 32.1. The number of carbonyl (C=O) groups is 4. The van der Waals surface area contributed by atoms with Crippen LogP contribution >= 0.6 is 0 Å². The number of aliphatic hydroxyl groups is 2. The molecule has 0 saturated heterocycles. The summed E-state index contributed by atoms with van der Waals surface area (Å²) in [4.78, 5) is 49.9. The lowest BCUT2D eigenvalue weighted by molar-refractivity contribution is -0.173. The zero-order valence-electron chi connectivity index (χ0n) is 25.9. The molecule has 236 valence electrons. The van der Waals surface area contributed by atoms with Crippen molar-refractivity contribution in [2.75, 3.05) is 6.61 Å². The number of hydrogen-bond acceptors (Lipinski definition) is 10. The Labute approximate surface area is 253 Å². The zero-order valence-corrected chi connectivity index (χ0v) is 25.9. The number of carbonyl (C=O) groups excluding carboxylic acids is 4. The predicted molar refractivity (Wildman–Crippen MR) is 156 cm³/mol. The van der Waals surface area contributed by atoms with Crippen LogP contribution in [0, 0.1) is 23.2 Å². The molecule has 0 bridgehead atoms. The van der Waals surface area contributed by atoms with Crippen molar-refractivity contribution in [1.82, 2.24) is 0 Å². The van der Waals surface area contributed by atoms with Crippen LogP contribution in [0.3, 0.4) is 0 Å². The maximum Gasteiger partial charge on any atom is 0.338 e. The highest BCUT2D eigenvalue weighted by Gasteiger charge is 2.58. The fourth-order valence-electron chi connectivity index (χ4n) is 6.22. The molecule has 10 nitrogen and oxygen atoms in total. The Hall–Kier alpha value is -3.50. The van der Waals surface area contributed by atoms with Crippen LogP contribution in [0.15, 0.2) is 54.1 Å². The Morgan fingerprint density at radius 3 is 2.07 bits per heavy atom. The number of ether oxygens (including phenoxy) is 4. The second kappa shape index (κ2) is 13.9. The molecule has 1 aromatic carbocycles. The molecule has 2 aliphatic rings. The Kier molecular flexibility index (Phi) is 11.0. The number of rotatable bonds is 6. The van der Waals surface area contributed by atoms with Crippen LogP contribution in [-0.4, -0.2) is 70.7 Å². The first-order valence-corrected chi connectivity index (χ1v) is 14.6. The number of fused-ring (bicyclic) bond motifs is 1. The Morgan fingerprint density at radius 2 is 1.51 bits per heavy atom. The Morgan fingerprint density at radius 1 is 0.907 bits per heavy atom. The summed E-state index contributed by atoms with van der Waals surface area (Å²) in [6.45, 7) is 10.5. The van der Waals surface area contributed by atoms with Gasteiger partial charge in [-0.2, -0.15) is 0 Å². The van der Waals surface area contributed by atoms with E-state index in [1.54, 1.807) is 49.4 Å². The van der Waals surface area contributed by atoms with E-state index in [2.05, 4.69) is 0 Å². The highest BCUT2D eigenvalue weighted by Crippen LogP contribution is 2.49. The second-order valence-corrected chi connectivity index (χ2v) is 12.3. The minimum Gasteiger partial charge on any atom is -0.461 e. The highest BCUT2D eigenvalue weighted by atomic mass is 16.6. The maximum atomic E-state index is 13.2. The summed E-state index contributed by atoms with van der Waals surface area (Å²) < 4.78 is 23.1. The molecule has 0 aromatic heterocycles. The Balaban J connectivity index is 2.25. The lowest BCUT2D eigenvalue weighted by atomic mass is 9.75. The third kappa shape index (κ3) is 8.12. The first-order valence-electron chi connectivity index (χ1n) is 14.6. The molecule has 3 rings (SSSR count). The molecular formula is C33H44O10. The average molecular weight is 601 g/mol. The van der Waals surface area contributed by atoms with Gasteiger partial charge in [-0.25, -0.2) is 4.79 Å². The molecule has 0 aliphatic heterocycles. The molecule has 1 saturated carbocycles. The van der Waals surface area contributed by atoms with Gasteiger partial charge in [0.25, 0.3) is 0 Å². The summed E-state index contributed by atoms with van der Waals surface area (Å²) in [5, 5.41) is 23.1. The van der Waals surface area contributed by atoms with Gasteiger partial charge < -0.3 is 29.2 Å². The summed E-state index contributed by atoms with van der Waals surface area (Å²) in [6.07, 6.45) is 1.49. The van der Waals surface area contributed by atoms with Gasteiger partial charge in [-0.3, -0.25) is 14.4 Å². The second-order valence-electron chi connectivity index (χ2n) is 12.3. The van der Waals surface area contributed by atoms with Crippen molar-refractivity contribution in [3.8, 4) is 0 Å². The van der Waals surface area contributed by atoms with Crippen LogP contribution in [0.4, 0.5) is 0 Å². The minimum absolute atomic E-state index is 0.0137. The molecule has 8 atom stereocenters. The first-order chi connectivity index (χ1) is 20.1. The van der Waals surface area contributed by atoms with E-state index in [0.717, 1.165) is 0 Å². The van der Waals surface area contributed by atoms with E-state index in [-0.39, 0.29) is 18.4 Å². The minimum atomic E-state index is -1.74. The van der Waals surface area contributed by atoms with Crippen molar-refractivity contribution >= 4 is 23.9 Å². The van der Waals surface area contributed by atoms with Crippen LogP contribution in [0.25, 0.3) is 0 Å². The SMILES string of the molecule is CC(=O)O[C@@H]1C[C@@H](OC(C)=O)C(C)(C)/C=C/C(C)[C@H](OC(C)=O)[C@@]2(O)C[C@@H](C)[C@H](OC(=O)c3ccccc3)[C@@H]2/C=C/1CO. The number of benzene rings is 1. The van der Waals surface area contributed by atoms with Crippen molar-refractivity contribution in [3.63, 3.8) is 0 Å². The molecule has 0 radical (unpaired) electrons. The van der Waals surface area contributed by atoms with Crippen LogP contribution < -0.4 is 0 Å². The summed E-state index contributed by atoms with van der Waals surface area (Å²) in [7, 11) is 0. The van der Waals surface area contributed by atoms with Gasteiger partial charge in [-0.05, 0) is 30.0 Å². The van der Waals surface area contributed by atoms with E-state index in [4.69, 9.17) is 18.9 Å². The topological polar surface area (TPSA) is 146 Å². The van der Waals surface area contributed by atoms with Gasteiger partial charge in [0.1, 0.15) is 30.0 Å². The van der Waals surface area contributed by atoms with E-state index in [9.17, 15) is 29.4 Å². The quantitative estimate of drug-likeness (QED) is 0.280. The van der Waals surface area contributed by atoms with E-state index in [1.807, 2.05) is 26.8 Å². The number of esters is 4. The summed E-state index contributed by atoms with van der Waals surface area (Å²) in [5.74, 6) is -4.27. The standard InChI is InChI=1S/C33H44O10/c1-19-13-14-32(6,7)28(41-22(4)36)16-27(40-21(3)35)25(18-34)15-26-29(43-31(38)24-11-9-8-10-12-24)20(2)17-33(26,39)30(19)42-23(5)37/h8-15,19-20,26-30,34,39H,16-18H2,1-7H3/b14-13+,25-15+/t19?,20-,26+,27-,28-,29+,30+,33-/m1/s1. The molecule has 1 unspecified atom stereocenters. The van der Waals surface area contributed by atoms with Gasteiger partial charge in [-0.1, -0.05) is 64.1 Å². The summed E-state index contributed by atoms with van der Waals surface area (Å²) >= 11 is 0. The van der Waals surface area contributed by atoms with Crippen molar-refractivity contribution in [2.24, 2.45) is 23.2 Å². The molecule has 2 N–H and O–H groups in total. The van der Waals surface area contributed by atoms with Crippen molar-refractivity contribution in [1.29, 1.82) is 0 Å². The van der Waals surface area contributed by atoms with Crippen molar-refractivity contribution in [3.05, 3.63) is 59.7 Å². The van der Waals surface area contributed by atoms with Crippen molar-refractivity contribution in [2.45, 2.75) is 91.3 Å². The average Bonchev–Trinajstić information content (AvgIpc) is 3.16. The van der Waals surface area contributed by atoms with E-state index >= 15 is 0 Å². The largest absolute Gasteiger partial charge is 0.461 e. The van der Waals surface area contributed by atoms with Crippen LogP contribution in [0.5, 0.6) is 0 Å². The van der Waals surface area contributed by atoms with E-state index in [1.165, 1.54) is 20.8 Å². The van der Waals surface area contributed by atoms with Crippen molar-refractivity contribution < 1.29 is 48.3 Å². The Bertz CT molecular complexity index is 1240. The normalized spacial score (nSPS) is 34.2. The number of aliphatic hydroxyl groups excluding tert-OH is 1. The smallest absolute Gasteiger partial charge is 0.338 e. The van der Waals surface area contributed by atoms with Gasteiger partial charge in [0.2, 0.25) is 0 Å². The molecule has 1 aromatic rings. The molecule has 43 heavy (non-hydrogen) atoms. The molecule has 2 aliphatic carbocycles. The van der Waals surface area contributed by atoms with E-state index in [0.29, 0.717) is 5.56 Å². The fourth-order valence-corrected chi connectivity index (χ4v) is 6.22.